The number of nitrogens with zero attached hydrogens (tertiary/aromatic N) is 2. The van der Waals surface area contributed by atoms with Crippen molar-refractivity contribution in [3.05, 3.63) is 46.0 Å². The Morgan fingerprint density at radius 2 is 1.95 bits per heavy atom. The van der Waals surface area contributed by atoms with Gasteiger partial charge in [-0.1, -0.05) is 24.3 Å². The van der Waals surface area contributed by atoms with Crippen molar-refractivity contribution in [2.75, 3.05) is 6.54 Å². The van der Waals surface area contributed by atoms with Crippen LogP contribution in [0.3, 0.4) is 0 Å². The highest BCUT2D eigenvalue weighted by atomic mass is 16.1. The average Bonchev–Trinajstić information content (AvgIpc) is 2.44. The maximum absolute atomic E-state index is 12.0. The second kappa shape index (κ2) is 3.92. The fourth-order valence-electron chi connectivity index (χ4n) is 2.93. The van der Waals surface area contributed by atoms with Crippen LogP contribution in [-0.4, -0.2) is 23.1 Å². The van der Waals surface area contributed by atoms with E-state index in [0.717, 1.165) is 29.9 Å². The largest absolute Gasteiger partial charge is 0.328 e. The van der Waals surface area contributed by atoms with Crippen LogP contribution in [-0.2, 0) is 4.79 Å². The number of benzene rings is 1. The van der Waals surface area contributed by atoms with E-state index in [2.05, 4.69) is 34.3 Å². The van der Waals surface area contributed by atoms with Gasteiger partial charge in [0.2, 0.25) is 0 Å². The molecule has 0 radical (unpaired) electrons. The Balaban J connectivity index is 1.88. The molecule has 0 saturated heterocycles. The third kappa shape index (κ3) is 1.65. The Kier molecular flexibility index (Phi) is 2.21. The van der Waals surface area contributed by atoms with E-state index in [4.69, 9.17) is 0 Å². The van der Waals surface area contributed by atoms with Gasteiger partial charge in [0.05, 0.1) is 12.2 Å². The summed E-state index contributed by atoms with van der Waals surface area (Å²) in [6.45, 7) is 0.678. The fraction of sp³-hybridized carbons (Fsp3) is 0.250. The number of carbonyl (C=O) groups excluding carboxylic acids is 1. The van der Waals surface area contributed by atoms with Crippen LogP contribution in [0.15, 0.2) is 40.5 Å². The zero-order chi connectivity index (χ0) is 12.8. The van der Waals surface area contributed by atoms with Gasteiger partial charge in [-0.2, -0.15) is 0 Å². The SMILES string of the molecule is O=C1CCCC2=C1CN1C=c3ccccc3=CC1=N2. The molecule has 0 amide bonds. The first-order valence-electron chi connectivity index (χ1n) is 6.70. The predicted molar refractivity (Wildman–Crippen MR) is 74.6 cm³/mol. The molecule has 0 fully saturated rings. The number of amidine groups is 1. The molecule has 0 spiro atoms. The lowest BCUT2D eigenvalue weighted by Gasteiger charge is -2.30. The lowest BCUT2D eigenvalue weighted by molar-refractivity contribution is -0.116. The molecule has 0 aromatic heterocycles. The van der Waals surface area contributed by atoms with Gasteiger partial charge >= 0.3 is 0 Å². The summed E-state index contributed by atoms with van der Waals surface area (Å²) in [5, 5.41) is 2.39. The van der Waals surface area contributed by atoms with E-state index in [0.29, 0.717) is 13.0 Å². The van der Waals surface area contributed by atoms with Crippen molar-refractivity contribution in [1.29, 1.82) is 0 Å². The molecule has 0 bridgehead atoms. The minimum absolute atomic E-state index is 0.274. The Hall–Kier alpha value is -2.16. The lowest BCUT2D eigenvalue weighted by Crippen LogP contribution is -2.42. The van der Waals surface area contributed by atoms with Gasteiger partial charge < -0.3 is 4.90 Å². The Labute approximate surface area is 111 Å². The lowest BCUT2D eigenvalue weighted by atomic mass is 9.93. The molecule has 0 atom stereocenters. The van der Waals surface area contributed by atoms with Crippen LogP contribution in [0.25, 0.3) is 12.3 Å². The van der Waals surface area contributed by atoms with E-state index in [1.165, 1.54) is 10.4 Å². The molecular weight excluding hydrogens is 236 g/mol. The molecule has 2 heterocycles. The molecule has 0 N–H and O–H groups in total. The summed E-state index contributed by atoms with van der Waals surface area (Å²) in [5.74, 6) is 1.24. The number of allylic oxidation sites excluding steroid dienone is 1. The van der Waals surface area contributed by atoms with Crippen LogP contribution in [0.2, 0.25) is 0 Å². The topological polar surface area (TPSA) is 32.7 Å². The number of rotatable bonds is 0. The summed E-state index contributed by atoms with van der Waals surface area (Å²) in [6.07, 6.45) is 6.76. The molecule has 2 aliphatic heterocycles. The van der Waals surface area contributed by atoms with E-state index in [9.17, 15) is 4.79 Å². The van der Waals surface area contributed by atoms with E-state index in [-0.39, 0.29) is 5.78 Å². The molecule has 3 nitrogen and oxygen atoms in total. The third-order valence-corrected chi connectivity index (χ3v) is 3.95. The highest BCUT2D eigenvalue weighted by molar-refractivity contribution is 6.13. The minimum atomic E-state index is 0.274. The van der Waals surface area contributed by atoms with Gasteiger partial charge in [-0.15, -0.1) is 0 Å². The van der Waals surface area contributed by atoms with Gasteiger partial charge in [0.25, 0.3) is 0 Å². The van der Waals surface area contributed by atoms with Crippen molar-refractivity contribution in [3.8, 4) is 0 Å². The summed E-state index contributed by atoms with van der Waals surface area (Å²) in [5.41, 5.74) is 1.92. The van der Waals surface area contributed by atoms with Gasteiger partial charge in [-0.05, 0) is 29.4 Å². The minimum Gasteiger partial charge on any atom is -0.328 e. The number of hydrogen-bond donors (Lipinski definition) is 0. The second-order valence-corrected chi connectivity index (χ2v) is 5.20. The number of Topliss-reactive ketones (excluding diaryl/α,β-unsaturated/α-hetero) is 1. The first kappa shape index (κ1) is 10.7. The maximum Gasteiger partial charge on any atom is 0.162 e. The maximum atomic E-state index is 12.0. The molecule has 3 aliphatic rings. The third-order valence-electron chi connectivity index (χ3n) is 3.95. The zero-order valence-corrected chi connectivity index (χ0v) is 10.6. The Morgan fingerprint density at radius 1 is 1.11 bits per heavy atom. The predicted octanol–water partition coefficient (Wildman–Crippen LogP) is 0.940. The van der Waals surface area contributed by atoms with Crippen molar-refractivity contribution in [2.45, 2.75) is 19.3 Å². The molecular formula is C16H14N2O. The van der Waals surface area contributed by atoms with Crippen LogP contribution >= 0.6 is 0 Å². The number of aliphatic imine (C=N–C) groups is 1. The van der Waals surface area contributed by atoms with Crippen LogP contribution in [0.1, 0.15) is 19.3 Å². The monoisotopic (exact) mass is 250 g/mol. The summed E-state index contributed by atoms with van der Waals surface area (Å²) in [7, 11) is 0. The molecule has 1 aliphatic carbocycles. The normalized spacial score (nSPS) is 20.7. The Morgan fingerprint density at radius 3 is 2.84 bits per heavy atom. The number of fused-ring (bicyclic) bond motifs is 2. The smallest absolute Gasteiger partial charge is 0.162 e. The number of hydrogen-bond acceptors (Lipinski definition) is 3. The number of ketones is 1. The molecule has 0 unspecified atom stereocenters. The van der Waals surface area contributed by atoms with E-state index in [1.807, 2.05) is 12.1 Å². The van der Waals surface area contributed by atoms with Crippen molar-refractivity contribution in [3.63, 3.8) is 0 Å². The van der Waals surface area contributed by atoms with Gasteiger partial charge in [-0.25, -0.2) is 4.99 Å². The van der Waals surface area contributed by atoms with E-state index >= 15 is 0 Å². The second-order valence-electron chi connectivity index (χ2n) is 5.20. The highest BCUT2D eigenvalue weighted by Gasteiger charge is 2.27. The zero-order valence-electron chi connectivity index (χ0n) is 10.6. The van der Waals surface area contributed by atoms with Gasteiger partial charge in [0.1, 0.15) is 5.84 Å². The molecule has 19 heavy (non-hydrogen) atoms. The summed E-state index contributed by atoms with van der Waals surface area (Å²) in [4.78, 5) is 18.7. The standard InChI is InChI=1S/C16H14N2O/c19-15-7-3-6-14-13(15)10-18-9-12-5-2-1-4-11(12)8-16(18)17-14/h1-2,4-5,8-9H,3,6-7,10H2. The van der Waals surface area contributed by atoms with Crippen LogP contribution in [0.4, 0.5) is 0 Å². The van der Waals surface area contributed by atoms with Crippen molar-refractivity contribution in [2.24, 2.45) is 4.99 Å². The average molecular weight is 250 g/mol. The Bertz CT molecular complexity index is 755. The molecule has 1 aromatic rings. The van der Waals surface area contributed by atoms with E-state index < -0.39 is 0 Å². The first-order valence-corrected chi connectivity index (χ1v) is 6.70. The molecule has 94 valence electrons. The van der Waals surface area contributed by atoms with Crippen molar-refractivity contribution in [1.82, 2.24) is 4.90 Å². The van der Waals surface area contributed by atoms with Crippen molar-refractivity contribution >= 4 is 23.9 Å². The molecule has 4 rings (SSSR count). The van der Waals surface area contributed by atoms with Crippen LogP contribution in [0.5, 0.6) is 0 Å². The molecule has 3 heteroatoms. The summed E-state index contributed by atoms with van der Waals surface area (Å²) >= 11 is 0. The van der Waals surface area contributed by atoms with Crippen LogP contribution in [0, 0.1) is 0 Å². The summed E-state index contributed by atoms with van der Waals surface area (Å²) < 4.78 is 0. The van der Waals surface area contributed by atoms with E-state index in [1.54, 1.807) is 0 Å². The first-order chi connectivity index (χ1) is 9.31. The van der Waals surface area contributed by atoms with Gasteiger partial charge in [-0.3, -0.25) is 4.79 Å². The van der Waals surface area contributed by atoms with Crippen LogP contribution < -0.4 is 10.4 Å². The van der Waals surface area contributed by atoms with Gasteiger partial charge in [0, 0.05) is 18.2 Å². The van der Waals surface area contributed by atoms with Crippen molar-refractivity contribution < 1.29 is 4.79 Å². The highest BCUT2D eigenvalue weighted by Crippen LogP contribution is 2.28. The number of carbonyl (C=O) groups is 1. The van der Waals surface area contributed by atoms with Gasteiger partial charge in [0.15, 0.2) is 5.78 Å². The molecule has 0 saturated carbocycles. The quantitative estimate of drug-likeness (QED) is 0.686. The fourth-order valence-corrected chi connectivity index (χ4v) is 2.93. The molecule has 1 aromatic carbocycles. The summed E-state index contributed by atoms with van der Waals surface area (Å²) in [6, 6.07) is 8.26.